The first-order valence-electron chi connectivity index (χ1n) is 11.0. The molecule has 190 valence electrons. The molecule has 1 aromatic heterocycles. The van der Waals surface area contributed by atoms with Gasteiger partial charge in [0.05, 0.1) is 19.8 Å². The van der Waals surface area contributed by atoms with Crippen LogP contribution in [-0.2, 0) is 28.5 Å². The molecule has 0 fully saturated rings. The Morgan fingerprint density at radius 1 is 0.912 bits per heavy atom. The van der Waals surface area contributed by atoms with Crippen molar-refractivity contribution in [2.75, 3.05) is 38.2 Å². The minimum atomic E-state index is -0.601. The number of aromatic nitrogens is 3. The quantitative estimate of drug-likeness (QED) is 0.214. The normalized spacial score (nSPS) is 12.6. The summed E-state index contributed by atoms with van der Waals surface area (Å²) < 4.78 is 27.9. The van der Waals surface area contributed by atoms with Crippen LogP contribution in [0.2, 0.25) is 0 Å². The van der Waals surface area contributed by atoms with E-state index in [9.17, 15) is 9.59 Å². The molecule has 0 amide bonds. The summed E-state index contributed by atoms with van der Waals surface area (Å²) in [6, 6.07) is 0.169. The third-order valence-electron chi connectivity index (χ3n) is 4.34. The molecule has 11 nitrogen and oxygen atoms in total. The van der Waals surface area contributed by atoms with Crippen molar-refractivity contribution in [2.45, 2.75) is 60.0 Å². The summed E-state index contributed by atoms with van der Waals surface area (Å²) in [5, 5.41) is 0. The Labute approximate surface area is 201 Å². The van der Waals surface area contributed by atoms with Crippen molar-refractivity contribution in [1.29, 1.82) is 0 Å². The smallest absolute Gasteiger partial charge is 0.321 e. The van der Waals surface area contributed by atoms with Gasteiger partial charge < -0.3 is 23.7 Å². The number of hydrogen-bond donors (Lipinski definition) is 0. The number of allylic oxidation sites excluding steroid dienone is 2. The van der Waals surface area contributed by atoms with Crippen LogP contribution in [0.25, 0.3) is 0 Å². The van der Waals surface area contributed by atoms with Crippen molar-refractivity contribution in [3.63, 3.8) is 0 Å². The zero-order valence-electron chi connectivity index (χ0n) is 20.7. The lowest BCUT2D eigenvalue weighted by molar-refractivity contribution is -0.150. The zero-order chi connectivity index (χ0) is 25.5. The maximum atomic E-state index is 11.6. The minimum absolute atomic E-state index is 0.0199. The number of Topliss-reactive ketones (excluding diaryl/α,β-unsaturated/α-hetero) is 2. The highest BCUT2D eigenvalue weighted by Gasteiger charge is 2.16. The molecule has 0 radical (unpaired) electrons. The van der Waals surface area contributed by atoms with Crippen LogP contribution in [0.4, 0.5) is 5.95 Å². The first kappa shape index (κ1) is 29.3. The molecular formula is C23H36N4O7. The molecule has 0 spiro atoms. The first-order valence-corrected chi connectivity index (χ1v) is 11.0. The van der Waals surface area contributed by atoms with E-state index in [4.69, 9.17) is 23.7 Å². The average Bonchev–Trinajstić information content (AvgIpc) is 2.79. The van der Waals surface area contributed by atoms with Gasteiger partial charge in [-0.25, -0.2) is 4.98 Å². The predicted molar refractivity (Wildman–Crippen MR) is 125 cm³/mol. The molecule has 34 heavy (non-hydrogen) atoms. The Hall–Kier alpha value is -2.73. The number of nitrogens with zero attached hydrogens (tertiary/aromatic N) is 4. The van der Waals surface area contributed by atoms with Crippen LogP contribution in [0.5, 0.6) is 6.01 Å². The van der Waals surface area contributed by atoms with E-state index in [-0.39, 0.29) is 63.0 Å². The molecule has 2 atom stereocenters. The van der Waals surface area contributed by atoms with Crippen molar-refractivity contribution in [3.05, 3.63) is 30.6 Å². The average molecular weight is 481 g/mol. The van der Waals surface area contributed by atoms with E-state index in [2.05, 4.69) is 28.1 Å². The molecule has 2 unspecified atom stereocenters. The van der Waals surface area contributed by atoms with Crippen LogP contribution < -0.4 is 9.64 Å². The molecule has 0 aromatic carbocycles. The third-order valence-corrected chi connectivity index (χ3v) is 4.34. The number of rotatable bonds is 19. The molecule has 0 aliphatic rings. The van der Waals surface area contributed by atoms with E-state index in [0.717, 1.165) is 0 Å². The van der Waals surface area contributed by atoms with Gasteiger partial charge in [0.15, 0.2) is 24.1 Å². The van der Waals surface area contributed by atoms with Gasteiger partial charge in [0.25, 0.3) is 0 Å². The molecule has 0 aliphatic heterocycles. The molecule has 0 bridgehead atoms. The molecule has 1 heterocycles. The fraction of sp³-hybridized carbons (Fsp3) is 0.609. The molecule has 0 saturated carbocycles. The Morgan fingerprint density at radius 2 is 1.41 bits per heavy atom. The predicted octanol–water partition coefficient (Wildman–Crippen LogP) is 2.82. The van der Waals surface area contributed by atoms with Crippen molar-refractivity contribution in [2.24, 2.45) is 0 Å². The SMILES string of the molecule is C=C(C)C(=O)CCOC(C)OCN(COC(C)OCCC(=O)C(=C)C)c1ncnc(OCC)n1. The Morgan fingerprint density at radius 3 is 1.85 bits per heavy atom. The van der Waals surface area contributed by atoms with Crippen LogP contribution in [0.3, 0.4) is 0 Å². The first-order chi connectivity index (χ1) is 16.1. The second-order valence-corrected chi connectivity index (χ2v) is 7.42. The summed E-state index contributed by atoms with van der Waals surface area (Å²) in [5.74, 6) is 0.150. The molecule has 0 aliphatic carbocycles. The van der Waals surface area contributed by atoms with Gasteiger partial charge >= 0.3 is 6.01 Å². The summed E-state index contributed by atoms with van der Waals surface area (Å²) in [5.41, 5.74) is 0.974. The standard InChI is InChI=1S/C23H36N4O7/c1-8-30-23-25-13-24-22(26-23)27(14-33-18(6)31-11-9-20(28)16(2)3)15-34-19(7)32-12-10-21(29)17(4)5/h13,18-19H,2,4,8-12,14-15H2,1,3,5-7H3. The monoisotopic (exact) mass is 480 g/mol. The van der Waals surface area contributed by atoms with Gasteiger partial charge in [-0.15, -0.1) is 0 Å². The Balaban J connectivity index is 2.65. The van der Waals surface area contributed by atoms with E-state index in [1.165, 1.54) is 6.33 Å². The van der Waals surface area contributed by atoms with E-state index in [0.29, 0.717) is 17.8 Å². The molecule has 1 aromatic rings. The number of ether oxygens (including phenoxy) is 5. The Kier molecular flexibility index (Phi) is 13.8. The lowest BCUT2D eigenvalue weighted by Crippen LogP contribution is -2.35. The maximum Gasteiger partial charge on any atom is 0.321 e. The van der Waals surface area contributed by atoms with Crippen LogP contribution >= 0.6 is 0 Å². The van der Waals surface area contributed by atoms with E-state index < -0.39 is 12.6 Å². The van der Waals surface area contributed by atoms with E-state index in [1.54, 1.807) is 32.6 Å². The van der Waals surface area contributed by atoms with Gasteiger partial charge in [-0.3, -0.25) is 14.5 Å². The molecule has 11 heteroatoms. The van der Waals surface area contributed by atoms with Crippen molar-refractivity contribution in [3.8, 4) is 6.01 Å². The highest BCUT2D eigenvalue weighted by Crippen LogP contribution is 2.12. The fourth-order valence-corrected chi connectivity index (χ4v) is 2.32. The fourth-order valence-electron chi connectivity index (χ4n) is 2.32. The highest BCUT2D eigenvalue weighted by molar-refractivity contribution is 5.94. The molecule has 0 saturated heterocycles. The van der Waals surface area contributed by atoms with Gasteiger partial charge in [0.2, 0.25) is 5.95 Å². The maximum absolute atomic E-state index is 11.6. The third kappa shape index (κ3) is 11.9. The summed E-state index contributed by atoms with van der Waals surface area (Å²) >= 11 is 0. The molecule has 1 rings (SSSR count). The summed E-state index contributed by atoms with van der Waals surface area (Å²) in [7, 11) is 0. The largest absolute Gasteiger partial charge is 0.464 e. The summed E-state index contributed by atoms with van der Waals surface area (Å²) in [6.07, 6.45) is 0.575. The molecular weight excluding hydrogens is 444 g/mol. The van der Waals surface area contributed by atoms with Crippen LogP contribution in [0.1, 0.15) is 47.5 Å². The van der Waals surface area contributed by atoms with Gasteiger partial charge in [-0.1, -0.05) is 13.2 Å². The van der Waals surface area contributed by atoms with Gasteiger partial charge in [0, 0.05) is 12.8 Å². The summed E-state index contributed by atoms with van der Waals surface area (Å²) in [4.78, 5) is 37.3. The van der Waals surface area contributed by atoms with Crippen LogP contribution in [0.15, 0.2) is 30.6 Å². The zero-order valence-corrected chi connectivity index (χ0v) is 20.7. The Bertz CT molecular complexity index is 776. The number of anilines is 1. The van der Waals surface area contributed by atoms with Crippen LogP contribution in [-0.4, -0.2) is 72.4 Å². The molecule has 0 N–H and O–H groups in total. The summed E-state index contributed by atoms with van der Waals surface area (Å²) in [6.45, 7) is 16.7. The van der Waals surface area contributed by atoms with Gasteiger partial charge in [0.1, 0.15) is 19.8 Å². The minimum Gasteiger partial charge on any atom is -0.464 e. The number of hydrogen-bond acceptors (Lipinski definition) is 11. The lowest BCUT2D eigenvalue weighted by atomic mass is 10.2. The topological polar surface area (TPSA) is 122 Å². The lowest BCUT2D eigenvalue weighted by Gasteiger charge is -2.26. The second-order valence-electron chi connectivity index (χ2n) is 7.42. The van der Waals surface area contributed by atoms with E-state index >= 15 is 0 Å². The number of carbonyl (C=O) groups excluding carboxylic acids is 2. The second kappa shape index (κ2) is 16.0. The van der Waals surface area contributed by atoms with Crippen molar-refractivity contribution in [1.82, 2.24) is 15.0 Å². The van der Waals surface area contributed by atoms with Gasteiger partial charge in [-0.05, 0) is 45.8 Å². The number of ketones is 2. The van der Waals surface area contributed by atoms with Gasteiger partial charge in [-0.2, -0.15) is 9.97 Å². The van der Waals surface area contributed by atoms with Crippen LogP contribution in [0, 0.1) is 0 Å². The van der Waals surface area contributed by atoms with E-state index in [1.807, 2.05) is 6.92 Å². The van der Waals surface area contributed by atoms with Crippen molar-refractivity contribution < 1.29 is 33.3 Å². The highest BCUT2D eigenvalue weighted by atomic mass is 16.7. The number of carbonyl (C=O) groups is 2. The van der Waals surface area contributed by atoms with Crippen molar-refractivity contribution >= 4 is 17.5 Å².